The number of nitrogens with one attached hydrogen (secondary N) is 1. The van der Waals surface area contributed by atoms with Gasteiger partial charge in [0, 0.05) is 24.2 Å². The Bertz CT molecular complexity index is 708. The van der Waals surface area contributed by atoms with Gasteiger partial charge in [-0.05, 0) is 18.9 Å². The normalized spacial score (nSPS) is 17.2. The fourth-order valence-electron chi connectivity index (χ4n) is 2.60. The van der Waals surface area contributed by atoms with Crippen LogP contribution >= 0.6 is 0 Å². The molecular formula is C19H19NO4. The van der Waals surface area contributed by atoms with Crippen molar-refractivity contribution in [2.45, 2.75) is 25.6 Å². The van der Waals surface area contributed by atoms with E-state index in [1.54, 1.807) is 48.5 Å². The Labute approximate surface area is 140 Å². The number of ether oxygens (including phenoxy) is 1. The van der Waals surface area contributed by atoms with Gasteiger partial charge in [-0.2, -0.15) is 0 Å². The molecule has 1 fully saturated rings. The summed E-state index contributed by atoms with van der Waals surface area (Å²) in [6.45, 7) is 0.629. The number of ketones is 1. The Morgan fingerprint density at radius 2 is 1.67 bits per heavy atom. The van der Waals surface area contributed by atoms with Crippen molar-refractivity contribution in [1.82, 2.24) is 5.48 Å². The maximum atomic E-state index is 12.6. The predicted molar refractivity (Wildman–Crippen MR) is 88.5 cm³/mol. The monoisotopic (exact) mass is 325 g/mol. The number of hydrogen-bond donors (Lipinski definition) is 1. The first kappa shape index (κ1) is 16.4. The maximum Gasteiger partial charge on any atom is 0.275 e. The number of amides is 1. The molecule has 0 saturated carbocycles. The second kappa shape index (κ2) is 7.86. The fraction of sp³-hybridized carbons (Fsp3) is 0.263. The Kier molecular flexibility index (Phi) is 5.36. The van der Waals surface area contributed by atoms with Crippen molar-refractivity contribution in [3.05, 3.63) is 71.3 Å². The molecule has 1 aliphatic heterocycles. The van der Waals surface area contributed by atoms with E-state index in [1.165, 1.54) is 0 Å². The van der Waals surface area contributed by atoms with Gasteiger partial charge in [-0.25, -0.2) is 10.3 Å². The van der Waals surface area contributed by atoms with Gasteiger partial charge in [0.2, 0.25) is 0 Å². The first-order valence-corrected chi connectivity index (χ1v) is 8.02. The summed E-state index contributed by atoms with van der Waals surface area (Å²) in [5.74, 6) is -0.653. The molecule has 1 saturated heterocycles. The maximum absolute atomic E-state index is 12.6. The number of carbonyl (C=O) groups excluding carboxylic acids is 2. The first-order valence-electron chi connectivity index (χ1n) is 8.02. The molecule has 3 rings (SSSR count). The minimum Gasteiger partial charge on any atom is -0.350 e. The average molecular weight is 325 g/mol. The SMILES string of the molecule is O=C(NO[C@H]1CCCCO1)c1ccccc1C(=O)c1ccccc1. The Morgan fingerprint density at radius 1 is 0.958 bits per heavy atom. The summed E-state index contributed by atoms with van der Waals surface area (Å²) in [6, 6.07) is 15.6. The van der Waals surface area contributed by atoms with Crippen molar-refractivity contribution in [2.24, 2.45) is 0 Å². The molecule has 0 bridgehead atoms. The molecule has 0 aromatic heterocycles. The van der Waals surface area contributed by atoms with E-state index < -0.39 is 12.2 Å². The third-order valence-corrected chi connectivity index (χ3v) is 3.87. The average Bonchev–Trinajstić information content (AvgIpc) is 2.67. The van der Waals surface area contributed by atoms with Crippen LogP contribution in [-0.4, -0.2) is 24.6 Å². The fourth-order valence-corrected chi connectivity index (χ4v) is 2.60. The zero-order valence-corrected chi connectivity index (χ0v) is 13.2. The molecule has 0 radical (unpaired) electrons. The highest BCUT2D eigenvalue weighted by atomic mass is 16.8. The van der Waals surface area contributed by atoms with Crippen molar-refractivity contribution in [2.75, 3.05) is 6.61 Å². The van der Waals surface area contributed by atoms with E-state index >= 15 is 0 Å². The molecule has 0 spiro atoms. The molecule has 1 N–H and O–H groups in total. The summed E-state index contributed by atoms with van der Waals surface area (Å²) in [5.41, 5.74) is 3.56. The topological polar surface area (TPSA) is 64.6 Å². The molecule has 0 unspecified atom stereocenters. The molecule has 2 aromatic rings. The molecule has 1 aliphatic rings. The van der Waals surface area contributed by atoms with E-state index in [9.17, 15) is 9.59 Å². The molecule has 124 valence electrons. The second-order valence-electron chi connectivity index (χ2n) is 5.59. The van der Waals surface area contributed by atoms with Crippen molar-refractivity contribution in [3.63, 3.8) is 0 Å². The minimum atomic E-state index is -0.455. The molecule has 1 amide bonds. The van der Waals surface area contributed by atoms with E-state index in [-0.39, 0.29) is 11.3 Å². The number of hydrogen-bond acceptors (Lipinski definition) is 4. The summed E-state index contributed by atoms with van der Waals surface area (Å²) >= 11 is 0. The highest BCUT2D eigenvalue weighted by molar-refractivity contribution is 6.15. The van der Waals surface area contributed by atoms with Gasteiger partial charge in [0.1, 0.15) is 0 Å². The number of carbonyl (C=O) groups is 2. The lowest BCUT2D eigenvalue weighted by Crippen LogP contribution is -2.33. The highest BCUT2D eigenvalue weighted by Crippen LogP contribution is 2.16. The van der Waals surface area contributed by atoms with Gasteiger partial charge in [0.25, 0.3) is 5.91 Å². The predicted octanol–water partition coefficient (Wildman–Crippen LogP) is 3.11. The lowest BCUT2D eigenvalue weighted by Gasteiger charge is -2.22. The lowest BCUT2D eigenvalue weighted by atomic mass is 9.98. The van der Waals surface area contributed by atoms with Crippen LogP contribution in [0.3, 0.4) is 0 Å². The molecule has 0 aliphatic carbocycles. The number of benzene rings is 2. The van der Waals surface area contributed by atoms with Gasteiger partial charge in [-0.3, -0.25) is 9.59 Å². The van der Waals surface area contributed by atoms with Gasteiger partial charge in [0.05, 0.1) is 5.56 Å². The minimum absolute atomic E-state index is 0.199. The molecular weight excluding hydrogens is 306 g/mol. The van der Waals surface area contributed by atoms with Crippen LogP contribution in [-0.2, 0) is 9.57 Å². The highest BCUT2D eigenvalue weighted by Gasteiger charge is 2.20. The lowest BCUT2D eigenvalue weighted by molar-refractivity contribution is -0.186. The van der Waals surface area contributed by atoms with Crippen molar-refractivity contribution >= 4 is 11.7 Å². The standard InChI is InChI=1S/C19H19NO4/c21-18(14-8-2-1-3-9-14)15-10-4-5-11-16(15)19(22)20-24-17-12-6-7-13-23-17/h1-5,8-11,17H,6-7,12-13H2,(H,20,22)/t17-/m0/s1. The summed E-state index contributed by atoms with van der Waals surface area (Å²) in [6.07, 6.45) is 2.32. The Balaban J connectivity index is 1.73. The van der Waals surface area contributed by atoms with E-state index in [0.29, 0.717) is 17.7 Å². The molecule has 1 heterocycles. The van der Waals surface area contributed by atoms with Crippen molar-refractivity contribution in [1.29, 1.82) is 0 Å². The molecule has 24 heavy (non-hydrogen) atoms. The Hall–Kier alpha value is -2.50. The van der Waals surface area contributed by atoms with Crippen LogP contribution in [0.4, 0.5) is 0 Å². The zero-order chi connectivity index (χ0) is 16.8. The largest absolute Gasteiger partial charge is 0.350 e. The second-order valence-corrected chi connectivity index (χ2v) is 5.59. The first-order chi connectivity index (χ1) is 11.8. The van der Waals surface area contributed by atoms with Crippen LogP contribution in [0.2, 0.25) is 0 Å². The third-order valence-electron chi connectivity index (χ3n) is 3.87. The van der Waals surface area contributed by atoms with Gasteiger partial charge < -0.3 is 4.74 Å². The summed E-state index contributed by atoms with van der Waals surface area (Å²) in [7, 11) is 0. The molecule has 5 nitrogen and oxygen atoms in total. The van der Waals surface area contributed by atoms with E-state index in [2.05, 4.69) is 5.48 Å². The number of hydroxylamine groups is 1. The smallest absolute Gasteiger partial charge is 0.275 e. The molecule has 1 atom stereocenters. The molecule has 2 aromatic carbocycles. The van der Waals surface area contributed by atoms with Gasteiger partial charge in [-0.1, -0.05) is 48.5 Å². The Morgan fingerprint density at radius 3 is 2.38 bits per heavy atom. The van der Waals surface area contributed by atoms with E-state index in [0.717, 1.165) is 19.3 Å². The van der Waals surface area contributed by atoms with Crippen LogP contribution in [0.1, 0.15) is 45.5 Å². The van der Waals surface area contributed by atoms with Crippen LogP contribution in [0.5, 0.6) is 0 Å². The van der Waals surface area contributed by atoms with Gasteiger partial charge >= 0.3 is 0 Å². The zero-order valence-electron chi connectivity index (χ0n) is 13.2. The van der Waals surface area contributed by atoms with Gasteiger partial charge in [0.15, 0.2) is 12.1 Å². The third kappa shape index (κ3) is 3.88. The van der Waals surface area contributed by atoms with Crippen LogP contribution in [0, 0.1) is 0 Å². The van der Waals surface area contributed by atoms with E-state index in [1.807, 2.05) is 6.07 Å². The number of rotatable bonds is 5. The quantitative estimate of drug-likeness (QED) is 0.678. The van der Waals surface area contributed by atoms with E-state index in [4.69, 9.17) is 9.57 Å². The summed E-state index contributed by atoms with van der Waals surface area (Å²) < 4.78 is 5.41. The summed E-state index contributed by atoms with van der Waals surface area (Å²) in [4.78, 5) is 30.3. The van der Waals surface area contributed by atoms with Crippen molar-refractivity contribution < 1.29 is 19.2 Å². The van der Waals surface area contributed by atoms with Gasteiger partial charge in [-0.15, -0.1) is 0 Å². The van der Waals surface area contributed by atoms with Crippen LogP contribution < -0.4 is 5.48 Å². The van der Waals surface area contributed by atoms with Crippen LogP contribution in [0.25, 0.3) is 0 Å². The molecule has 5 heteroatoms. The van der Waals surface area contributed by atoms with Crippen LogP contribution in [0.15, 0.2) is 54.6 Å². The summed E-state index contributed by atoms with van der Waals surface area (Å²) in [5, 5.41) is 0. The van der Waals surface area contributed by atoms with Crippen molar-refractivity contribution in [3.8, 4) is 0 Å².